The molecule has 0 radical (unpaired) electrons. The SMILES string of the molecule is O=Cc1cccc(-c2ccccc2C(=O)O)c1C(=O)O. The normalized spacial score (nSPS) is 10.0. The van der Waals surface area contributed by atoms with E-state index in [4.69, 9.17) is 5.11 Å². The van der Waals surface area contributed by atoms with Crippen LogP contribution in [-0.4, -0.2) is 28.4 Å². The summed E-state index contributed by atoms with van der Waals surface area (Å²) in [5.74, 6) is -2.43. The Bertz CT molecular complexity index is 703. The van der Waals surface area contributed by atoms with Gasteiger partial charge in [0, 0.05) is 5.56 Å². The lowest BCUT2D eigenvalue weighted by atomic mass is 9.92. The summed E-state index contributed by atoms with van der Waals surface area (Å²) in [5.41, 5.74) is 0.269. The zero-order valence-corrected chi connectivity index (χ0v) is 10.2. The van der Waals surface area contributed by atoms with Crippen LogP contribution in [0, 0.1) is 0 Å². The van der Waals surface area contributed by atoms with E-state index in [9.17, 15) is 19.5 Å². The molecule has 0 spiro atoms. The molecule has 5 heteroatoms. The number of hydrogen-bond donors (Lipinski definition) is 2. The molecule has 2 rings (SSSR count). The number of rotatable bonds is 4. The van der Waals surface area contributed by atoms with Gasteiger partial charge in [-0.3, -0.25) is 4.79 Å². The van der Waals surface area contributed by atoms with Gasteiger partial charge in [-0.15, -0.1) is 0 Å². The quantitative estimate of drug-likeness (QED) is 0.833. The number of hydrogen-bond acceptors (Lipinski definition) is 3. The molecule has 0 aliphatic carbocycles. The third kappa shape index (κ3) is 2.29. The highest BCUT2D eigenvalue weighted by Crippen LogP contribution is 2.29. The van der Waals surface area contributed by atoms with Gasteiger partial charge in [-0.25, -0.2) is 9.59 Å². The van der Waals surface area contributed by atoms with Crippen molar-refractivity contribution in [2.24, 2.45) is 0 Å². The Morgan fingerprint density at radius 3 is 2.10 bits per heavy atom. The fourth-order valence-corrected chi connectivity index (χ4v) is 2.04. The van der Waals surface area contributed by atoms with Gasteiger partial charge in [0.2, 0.25) is 0 Å². The highest BCUT2D eigenvalue weighted by Gasteiger charge is 2.19. The first kappa shape index (κ1) is 13.5. The molecule has 0 fully saturated rings. The fourth-order valence-electron chi connectivity index (χ4n) is 2.04. The van der Waals surface area contributed by atoms with Crippen molar-refractivity contribution in [3.63, 3.8) is 0 Å². The first-order valence-electron chi connectivity index (χ1n) is 5.70. The molecule has 2 aromatic rings. The molecule has 0 atom stereocenters. The molecular weight excluding hydrogens is 260 g/mol. The Kier molecular flexibility index (Phi) is 3.61. The van der Waals surface area contributed by atoms with Crippen molar-refractivity contribution in [1.82, 2.24) is 0 Å². The Hall–Kier alpha value is -2.95. The first-order valence-corrected chi connectivity index (χ1v) is 5.70. The second-order valence-electron chi connectivity index (χ2n) is 4.04. The van der Waals surface area contributed by atoms with Gasteiger partial charge in [0.15, 0.2) is 6.29 Å². The Morgan fingerprint density at radius 2 is 1.50 bits per heavy atom. The lowest BCUT2D eigenvalue weighted by Crippen LogP contribution is -2.07. The zero-order valence-electron chi connectivity index (χ0n) is 10.2. The van der Waals surface area contributed by atoms with Gasteiger partial charge in [0.25, 0.3) is 0 Å². The summed E-state index contributed by atoms with van der Waals surface area (Å²) in [6, 6.07) is 10.4. The maximum absolute atomic E-state index is 11.3. The standard InChI is InChI=1S/C15H10O5/c16-8-9-4-3-7-11(13(9)15(19)20)10-5-1-2-6-12(10)14(17)18/h1-8H,(H,17,18)(H,19,20). The summed E-state index contributed by atoms with van der Waals surface area (Å²) in [6.07, 6.45) is 0.441. The predicted octanol–water partition coefficient (Wildman–Crippen LogP) is 2.56. The molecule has 100 valence electrons. The van der Waals surface area contributed by atoms with Crippen molar-refractivity contribution in [2.45, 2.75) is 0 Å². The Morgan fingerprint density at radius 1 is 0.850 bits per heavy atom. The smallest absolute Gasteiger partial charge is 0.337 e. The van der Waals surface area contributed by atoms with Crippen LogP contribution in [0.4, 0.5) is 0 Å². The molecule has 0 unspecified atom stereocenters. The molecule has 5 nitrogen and oxygen atoms in total. The van der Waals surface area contributed by atoms with Crippen molar-refractivity contribution < 1.29 is 24.6 Å². The van der Waals surface area contributed by atoms with E-state index in [-0.39, 0.29) is 27.8 Å². The molecule has 0 bridgehead atoms. The number of benzene rings is 2. The van der Waals surface area contributed by atoms with Crippen LogP contribution >= 0.6 is 0 Å². The molecule has 0 aromatic heterocycles. The van der Waals surface area contributed by atoms with Crippen molar-refractivity contribution in [1.29, 1.82) is 0 Å². The van der Waals surface area contributed by atoms with E-state index >= 15 is 0 Å². The molecule has 2 N–H and O–H groups in total. The highest BCUT2D eigenvalue weighted by atomic mass is 16.4. The van der Waals surface area contributed by atoms with E-state index in [0.717, 1.165) is 0 Å². The van der Waals surface area contributed by atoms with E-state index < -0.39 is 11.9 Å². The third-order valence-corrected chi connectivity index (χ3v) is 2.89. The second-order valence-corrected chi connectivity index (χ2v) is 4.04. The van der Waals surface area contributed by atoms with E-state index in [1.165, 1.54) is 30.3 Å². The van der Waals surface area contributed by atoms with Gasteiger partial charge in [0.1, 0.15) is 0 Å². The van der Waals surface area contributed by atoms with Gasteiger partial charge in [0.05, 0.1) is 11.1 Å². The van der Waals surface area contributed by atoms with E-state index in [2.05, 4.69) is 0 Å². The molecule has 0 aliphatic rings. The van der Waals surface area contributed by atoms with E-state index in [1.54, 1.807) is 12.1 Å². The molecular formula is C15H10O5. The van der Waals surface area contributed by atoms with Crippen LogP contribution in [0.2, 0.25) is 0 Å². The number of carboxylic acid groups (broad SMARTS) is 2. The monoisotopic (exact) mass is 270 g/mol. The summed E-state index contributed by atoms with van der Waals surface area (Å²) < 4.78 is 0. The van der Waals surface area contributed by atoms with Crippen molar-refractivity contribution in [2.75, 3.05) is 0 Å². The maximum atomic E-state index is 11.3. The van der Waals surface area contributed by atoms with Crippen LogP contribution in [0.15, 0.2) is 42.5 Å². The zero-order chi connectivity index (χ0) is 14.7. The van der Waals surface area contributed by atoms with Gasteiger partial charge in [-0.1, -0.05) is 36.4 Å². The minimum absolute atomic E-state index is 0.00944. The summed E-state index contributed by atoms with van der Waals surface area (Å²) in [7, 11) is 0. The topological polar surface area (TPSA) is 91.7 Å². The number of carbonyl (C=O) groups is 3. The van der Waals surface area contributed by atoms with Crippen LogP contribution < -0.4 is 0 Å². The van der Waals surface area contributed by atoms with Crippen LogP contribution in [-0.2, 0) is 0 Å². The van der Waals surface area contributed by atoms with Crippen LogP contribution in [0.3, 0.4) is 0 Å². The molecule has 0 saturated carbocycles. The van der Waals surface area contributed by atoms with E-state index in [0.29, 0.717) is 6.29 Å². The molecule has 2 aromatic carbocycles. The van der Waals surface area contributed by atoms with Gasteiger partial charge in [-0.05, 0) is 17.2 Å². The summed E-state index contributed by atoms with van der Waals surface area (Å²) >= 11 is 0. The number of carbonyl (C=O) groups excluding carboxylic acids is 1. The predicted molar refractivity (Wildman–Crippen MR) is 71.2 cm³/mol. The highest BCUT2D eigenvalue weighted by molar-refractivity contribution is 6.06. The van der Waals surface area contributed by atoms with Crippen molar-refractivity contribution in [3.05, 3.63) is 59.2 Å². The third-order valence-electron chi connectivity index (χ3n) is 2.89. The summed E-state index contributed by atoms with van der Waals surface area (Å²) in [6.45, 7) is 0. The van der Waals surface area contributed by atoms with Crippen molar-refractivity contribution >= 4 is 18.2 Å². The first-order chi connectivity index (χ1) is 9.56. The largest absolute Gasteiger partial charge is 0.478 e. The average molecular weight is 270 g/mol. The van der Waals surface area contributed by atoms with Crippen LogP contribution in [0.25, 0.3) is 11.1 Å². The summed E-state index contributed by atoms with van der Waals surface area (Å²) in [4.78, 5) is 33.5. The van der Waals surface area contributed by atoms with Crippen LogP contribution in [0.5, 0.6) is 0 Å². The second kappa shape index (κ2) is 5.36. The molecule has 0 heterocycles. The molecule has 0 aliphatic heterocycles. The number of aldehydes is 1. The molecule has 0 saturated heterocycles. The average Bonchev–Trinajstić information content (AvgIpc) is 2.46. The Labute approximate surface area is 114 Å². The summed E-state index contributed by atoms with van der Waals surface area (Å²) in [5, 5.41) is 18.4. The lowest BCUT2D eigenvalue weighted by molar-refractivity contribution is 0.0683. The minimum Gasteiger partial charge on any atom is -0.478 e. The lowest BCUT2D eigenvalue weighted by Gasteiger charge is -2.10. The number of aromatic carboxylic acids is 2. The Balaban J connectivity index is 2.80. The van der Waals surface area contributed by atoms with Gasteiger partial charge in [-0.2, -0.15) is 0 Å². The molecule has 0 amide bonds. The van der Waals surface area contributed by atoms with Gasteiger partial charge < -0.3 is 10.2 Å². The molecule has 20 heavy (non-hydrogen) atoms. The number of carboxylic acids is 2. The van der Waals surface area contributed by atoms with E-state index in [1.807, 2.05) is 0 Å². The van der Waals surface area contributed by atoms with Crippen LogP contribution in [0.1, 0.15) is 31.1 Å². The fraction of sp³-hybridized carbons (Fsp3) is 0. The van der Waals surface area contributed by atoms with Gasteiger partial charge >= 0.3 is 11.9 Å². The maximum Gasteiger partial charge on any atom is 0.337 e. The minimum atomic E-state index is -1.28. The van der Waals surface area contributed by atoms with Crippen molar-refractivity contribution in [3.8, 4) is 11.1 Å².